The molecule has 0 aliphatic heterocycles. The van der Waals surface area contributed by atoms with Gasteiger partial charge in [-0.15, -0.1) is 0 Å². The summed E-state index contributed by atoms with van der Waals surface area (Å²) in [6.07, 6.45) is 2.60. The molecule has 5 heteroatoms. The van der Waals surface area contributed by atoms with Crippen molar-refractivity contribution in [3.05, 3.63) is 47.5 Å². The lowest BCUT2D eigenvalue weighted by Gasteiger charge is -2.04. The number of Topliss-reactive ketones (excluding diaryl/α,β-unsaturated/α-hetero) is 1. The first kappa shape index (κ1) is 13.4. The van der Waals surface area contributed by atoms with E-state index in [0.29, 0.717) is 17.9 Å². The van der Waals surface area contributed by atoms with Crippen molar-refractivity contribution in [1.29, 1.82) is 0 Å². The van der Waals surface area contributed by atoms with Crippen LogP contribution < -0.4 is 5.73 Å². The van der Waals surface area contributed by atoms with E-state index in [-0.39, 0.29) is 12.2 Å². The van der Waals surface area contributed by atoms with E-state index in [0.717, 1.165) is 18.5 Å². The summed E-state index contributed by atoms with van der Waals surface area (Å²) in [7, 11) is 0. The highest BCUT2D eigenvalue weighted by atomic mass is 16.1. The quantitative estimate of drug-likeness (QED) is 0.791. The molecule has 2 rings (SSSR count). The number of carbonyl (C=O) groups is 1. The highest BCUT2D eigenvalue weighted by molar-refractivity contribution is 5.97. The summed E-state index contributed by atoms with van der Waals surface area (Å²) in [5.41, 5.74) is 7.35. The van der Waals surface area contributed by atoms with E-state index in [9.17, 15) is 4.79 Å². The first-order chi connectivity index (χ1) is 9.24. The normalized spacial score (nSPS) is 10.6. The lowest BCUT2D eigenvalue weighted by Crippen LogP contribution is -2.11. The van der Waals surface area contributed by atoms with E-state index in [4.69, 9.17) is 5.73 Å². The van der Waals surface area contributed by atoms with Crippen LogP contribution in [0.1, 0.15) is 28.7 Å². The first-order valence-corrected chi connectivity index (χ1v) is 6.43. The van der Waals surface area contributed by atoms with Crippen LogP contribution in [-0.4, -0.2) is 27.1 Å². The van der Waals surface area contributed by atoms with Gasteiger partial charge in [-0.05, 0) is 25.5 Å². The molecule has 0 bridgehead atoms. The van der Waals surface area contributed by atoms with Crippen LogP contribution in [-0.2, 0) is 19.4 Å². The Morgan fingerprint density at radius 2 is 2.05 bits per heavy atom. The van der Waals surface area contributed by atoms with Gasteiger partial charge in [0.2, 0.25) is 0 Å². The van der Waals surface area contributed by atoms with Gasteiger partial charge in [-0.2, -0.15) is 5.10 Å². The molecule has 1 heterocycles. The second-order valence-electron chi connectivity index (χ2n) is 4.33. The number of nitrogens with zero attached hydrogens (tertiary/aromatic N) is 3. The van der Waals surface area contributed by atoms with E-state index in [1.54, 1.807) is 4.68 Å². The molecule has 2 N–H and O–H groups in total. The molecule has 0 saturated carbocycles. The molecular weight excluding hydrogens is 240 g/mol. The maximum Gasteiger partial charge on any atom is 0.170 e. The summed E-state index contributed by atoms with van der Waals surface area (Å²) >= 11 is 0. The van der Waals surface area contributed by atoms with Crippen molar-refractivity contribution >= 4 is 5.78 Å². The average Bonchev–Trinajstić information content (AvgIpc) is 2.87. The van der Waals surface area contributed by atoms with E-state index >= 15 is 0 Å². The molecule has 0 aliphatic carbocycles. The summed E-state index contributed by atoms with van der Waals surface area (Å²) in [6, 6.07) is 7.59. The number of aromatic nitrogens is 3. The van der Waals surface area contributed by atoms with Crippen molar-refractivity contribution in [3.63, 3.8) is 0 Å². The van der Waals surface area contributed by atoms with Crippen molar-refractivity contribution in [1.82, 2.24) is 14.8 Å². The minimum absolute atomic E-state index is 0.0574. The third kappa shape index (κ3) is 3.26. The summed E-state index contributed by atoms with van der Waals surface area (Å²) in [5.74, 6) is 0.764. The van der Waals surface area contributed by atoms with Gasteiger partial charge >= 0.3 is 0 Å². The van der Waals surface area contributed by atoms with Crippen molar-refractivity contribution in [2.45, 2.75) is 26.3 Å². The number of rotatable bonds is 6. The molecule has 1 aromatic carbocycles. The highest BCUT2D eigenvalue weighted by Gasteiger charge is 2.11. The Bertz CT molecular complexity index is 545. The zero-order valence-electron chi connectivity index (χ0n) is 11.0. The Morgan fingerprint density at radius 1 is 1.32 bits per heavy atom. The topological polar surface area (TPSA) is 73.8 Å². The molecule has 0 unspecified atom stereocenters. The Balaban J connectivity index is 2.07. The van der Waals surface area contributed by atoms with Crippen molar-refractivity contribution in [2.24, 2.45) is 5.73 Å². The van der Waals surface area contributed by atoms with E-state index in [2.05, 4.69) is 10.1 Å². The average molecular weight is 258 g/mol. The molecule has 0 fully saturated rings. The van der Waals surface area contributed by atoms with Crippen LogP contribution in [0, 0.1) is 0 Å². The van der Waals surface area contributed by atoms with Crippen molar-refractivity contribution in [2.75, 3.05) is 6.54 Å². The van der Waals surface area contributed by atoms with Gasteiger partial charge in [0.05, 0.1) is 6.42 Å². The van der Waals surface area contributed by atoms with Crippen LogP contribution in [0.25, 0.3) is 0 Å². The SMILES string of the molecule is CCn1ncnc1CC(=O)c1ccc(CCN)cc1. The molecule has 1 aromatic heterocycles. The minimum atomic E-state index is 0.0574. The fourth-order valence-corrected chi connectivity index (χ4v) is 1.96. The molecule has 100 valence electrons. The molecule has 0 spiro atoms. The Morgan fingerprint density at radius 3 is 2.68 bits per heavy atom. The second-order valence-corrected chi connectivity index (χ2v) is 4.33. The molecular formula is C14H18N4O. The fraction of sp³-hybridized carbons (Fsp3) is 0.357. The number of nitrogens with two attached hydrogens (primary N) is 1. The molecule has 0 atom stereocenters. The Labute approximate surface area is 112 Å². The van der Waals surface area contributed by atoms with Crippen molar-refractivity contribution < 1.29 is 4.79 Å². The molecule has 0 aliphatic rings. The summed E-state index contributed by atoms with van der Waals surface area (Å²) in [6.45, 7) is 3.31. The molecule has 0 saturated heterocycles. The summed E-state index contributed by atoms with van der Waals surface area (Å²) < 4.78 is 1.74. The predicted molar refractivity (Wildman–Crippen MR) is 72.9 cm³/mol. The van der Waals surface area contributed by atoms with Crippen LogP contribution in [0.2, 0.25) is 0 Å². The van der Waals surface area contributed by atoms with E-state index in [1.165, 1.54) is 6.33 Å². The predicted octanol–water partition coefficient (Wildman–Crippen LogP) is 1.22. The van der Waals surface area contributed by atoms with E-state index in [1.807, 2.05) is 31.2 Å². The summed E-state index contributed by atoms with van der Waals surface area (Å²) in [4.78, 5) is 16.3. The van der Waals surface area contributed by atoms with Gasteiger partial charge in [0.25, 0.3) is 0 Å². The Kier molecular flexibility index (Phi) is 4.41. The monoisotopic (exact) mass is 258 g/mol. The number of carbonyl (C=O) groups excluding carboxylic acids is 1. The standard InChI is InChI=1S/C14H18N4O/c1-2-18-14(16-10-17-18)9-13(19)12-5-3-11(4-6-12)7-8-15/h3-6,10H,2,7-9,15H2,1H3. The largest absolute Gasteiger partial charge is 0.330 e. The minimum Gasteiger partial charge on any atom is -0.330 e. The molecule has 19 heavy (non-hydrogen) atoms. The van der Waals surface area contributed by atoms with Crippen LogP contribution in [0.3, 0.4) is 0 Å². The van der Waals surface area contributed by atoms with Gasteiger partial charge < -0.3 is 5.73 Å². The molecule has 0 amide bonds. The third-order valence-electron chi connectivity index (χ3n) is 3.02. The second kappa shape index (κ2) is 6.24. The number of hydrogen-bond acceptors (Lipinski definition) is 4. The lowest BCUT2D eigenvalue weighted by atomic mass is 10.0. The van der Waals surface area contributed by atoms with E-state index < -0.39 is 0 Å². The maximum atomic E-state index is 12.1. The van der Waals surface area contributed by atoms with Crippen LogP contribution >= 0.6 is 0 Å². The highest BCUT2D eigenvalue weighted by Crippen LogP contribution is 2.08. The van der Waals surface area contributed by atoms with Crippen molar-refractivity contribution in [3.8, 4) is 0 Å². The molecule has 0 radical (unpaired) electrons. The first-order valence-electron chi connectivity index (χ1n) is 6.43. The number of ketones is 1. The van der Waals surface area contributed by atoms with Gasteiger partial charge in [0.1, 0.15) is 12.2 Å². The van der Waals surface area contributed by atoms with Gasteiger partial charge in [0, 0.05) is 12.1 Å². The number of aryl methyl sites for hydroxylation is 1. The smallest absolute Gasteiger partial charge is 0.170 e. The fourth-order valence-electron chi connectivity index (χ4n) is 1.96. The zero-order valence-corrected chi connectivity index (χ0v) is 11.0. The molecule has 5 nitrogen and oxygen atoms in total. The summed E-state index contributed by atoms with van der Waals surface area (Å²) in [5, 5.41) is 4.06. The lowest BCUT2D eigenvalue weighted by molar-refractivity contribution is 0.0989. The van der Waals surface area contributed by atoms with Crippen LogP contribution in [0.15, 0.2) is 30.6 Å². The zero-order chi connectivity index (χ0) is 13.7. The van der Waals surface area contributed by atoms with Gasteiger partial charge in [-0.1, -0.05) is 24.3 Å². The van der Waals surface area contributed by atoms with Gasteiger partial charge in [-0.3, -0.25) is 4.79 Å². The van der Waals surface area contributed by atoms with Gasteiger partial charge in [-0.25, -0.2) is 9.67 Å². The Hall–Kier alpha value is -2.01. The number of benzene rings is 1. The number of hydrogen-bond donors (Lipinski definition) is 1. The third-order valence-corrected chi connectivity index (χ3v) is 3.02. The van der Waals surface area contributed by atoms with Crippen LogP contribution in [0.5, 0.6) is 0 Å². The van der Waals surface area contributed by atoms with Gasteiger partial charge in [0.15, 0.2) is 5.78 Å². The van der Waals surface area contributed by atoms with Crippen LogP contribution in [0.4, 0.5) is 0 Å². The maximum absolute atomic E-state index is 12.1. The molecule has 2 aromatic rings.